The van der Waals surface area contributed by atoms with Crippen molar-refractivity contribution >= 4 is 38.5 Å². The number of halogens is 1. The molecule has 3 aromatic carbocycles. The van der Waals surface area contributed by atoms with Crippen LogP contribution < -0.4 is 0 Å². The van der Waals surface area contributed by atoms with Gasteiger partial charge in [-0.05, 0) is 53.9 Å². The number of methoxy groups -OCH3 is 1. The van der Waals surface area contributed by atoms with Crippen molar-refractivity contribution < 1.29 is 17.9 Å². The first-order chi connectivity index (χ1) is 14.9. The van der Waals surface area contributed by atoms with Gasteiger partial charge in [-0.3, -0.25) is 4.79 Å². The second kappa shape index (κ2) is 8.57. The molecule has 0 radical (unpaired) electrons. The molecule has 4 aromatic rings. The maximum absolute atomic E-state index is 13.6. The van der Waals surface area contributed by atoms with Crippen LogP contribution in [0.15, 0.2) is 83.8 Å². The lowest BCUT2D eigenvalue weighted by Crippen LogP contribution is -2.16. The predicted molar refractivity (Wildman–Crippen MR) is 122 cm³/mol. The van der Waals surface area contributed by atoms with Gasteiger partial charge in [0.25, 0.3) is 10.0 Å². The highest BCUT2D eigenvalue weighted by molar-refractivity contribution is 7.90. The Kier molecular flexibility index (Phi) is 5.85. The van der Waals surface area contributed by atoms with Crippen LogP contribution in [0.4, 0.5) is 0 Å². The summed E-state index contributed by atoms with van der Waals surface area (Å²) in [6.07, 6.45) is 0.295. The van der Waals surface area contributed by atoms with Crippen molar-refractivity contribution in [2.45, 2.75) is 17.7 Å². The van der Waals surface area contributed by atoms with E-state index >= 15 is 0 Å². The summed E-state index contributed by atoms with van der Waals surface area (Å²) in [6.45, 7) is 0. The molecular weight excluding hydrogens is 434 g/mol. The molecule has 0 saturated heterocycles. The normalized spacial score (nSPS) is 11.5. The largest absolute Gasteiger partial charge is 0.469 e. The molecular formula is C24H20ClNO4S. The average Bonchev–Trinajstić information content (AvgIpc) is 3.16. The molecule has 0 N–H and O–H groups in total. The first-order valence-corrected chi connectivity index (χ1v) is 11.5. The molecule has 0 fully saturated rings. The fourth-order valence-corrected chi connectivity index (χ4v) is 5.31. The van der Waals surface area contributed by atoms with Gasteiger partial charge in [-0.25, -0.2) is 12.4 Å². The molecule has 0 unspecified atom stereocenters. The summed E-state index contributed by atoms with van der Waals surface area (Å²) in [6, 6.07) is 23.3. The van der Waals surface area contributed by atoms with E-state index in [1.165, 1.54) is 11.1 Å². The highest BCUT2D eigenvalue weighted by atomic mass is 35.5. The maximum atomic E-state index is 13.6. The molecule has 0 aliphatic rings. The van der Waals surface area contributed by atoms with E-state index in [1.807, 2.05) is 30.3 Å². The fourth-order valence-electron chi connectivity index (χ4n) is 3.56. The van der Waals surface area contributed by atoms with Crippen molar-refractivity contribution in [3.05, 3.63) is 89.6 Å². The van der Waals surface area contributed by atoms with Gasteiger partial charge in [0, 0.05) is 16.1 Å². The first kappa shape index (κ1) is 21.2. The lowest BCUT2D eigenvalue weighted by molar-refractivity contribution is -0.140. The van der Waals surface area contributed by atoms with E-state index in [0.717, 1.165) is 11.1 Å². The van der Waals surface area contributed by atoms with Crippen LogP contribution in [0.1, 0.15) is 12.1 Å². The number of aromatic nitrogens is 1. The lowest BCUT2D eigenvalue weighted by atomic mass is 10.1. The van der Waals surface area contributed by atoms with E-state index in [4.69, 9.17) is 16.3 Å². The molecule has 1 aromatic heterocycles. The number of ether oxygens (including phenoxy) is 1. The van der Waals surface area contributed by atoms with Gasteiger partial charge in [0.05, 0.1) is 23.9 Å². The Morgan fingerprint density at radius 3 is 2.29 bits per heavy atom. The Morgan fingerprint density at radius 1 is 0.935 bits per heavy atom. The molecule has 0 bridgehead atoms. The number of benzene rings is 3. The van der Waals surface area contributed by atoms with Crippen LogP contribution in [0.5, 0.6) is 0 Å². The van der Waals surface area contributed by atoms with Gasteiger partial charge in [-0.15, -0.1) is 0 Å². The van der Waals surface area contributed by atoms with E-state index in [1.54, 1.807) is 48.5 Å². The van der Waals surface area contributed by atoms with Crippen molar-refractivity contribution in [2.24, 2.45) is 0 Å². The maximum Gasteiger partial charge on any atom is 0.305 e. The van der Waals surface area contributed by atoms with Crippen molar-refractivity contribution in [3.63, 3.8) is 0 Å². The van der Waals surface area contributed by atoms with Crippen LogP contribution in [-0.4, -0.2) is 25.5 Å². The zero-order valence-electron chi connectivity index (χ0n) is 16.8. The van der Waals surface area contributed by atoms with Crippen molar-refractivity contribution in [1.82, 2.24) is 3.97 Å². The third kappa shape index (κ3) is 4.22. The third-order valence-electron chi connectivity index (χ3n) is 5.10. The molecule has 7 heteroatoms. The SMILES string of the molecule is COC(=O)CCc1cc2cc(Cl)ccc2n1S(=O)(=O)c1ccc(-c2ccccc2)cc1. The molecule has 1 heterocycles. The van der Waals surface area contributed by atoms with Crippen LogP contribution in [0.3, 0.4) is 0 Å². The Balaban J connectivity index is 1.79. The second-order valence-corrected chi connectivity index (χ2v) is 9.30. The minimum Gasteiger partial charge on any atom is -0.469 e. The van der Waals surface area contributed by atoms with E-state index in [-0.39, 0.29) is 17.7 Å². The zero-order valence-corrected chi connectivity index (χ0v) is 18.4. The molecule has 4 rings (SSSR count). The number of hydrogen-bond acceptors (Lipinski definition) is 4. The van der Waals surface area contributed by atoms with E-state index in [0.29, 0.717) is 21.6 Å². The van der Waals surface area contributed by atoms with E-state index < -0.39 is 16.0 Å². The average molecular weight is 454 g/mol. The molecule has 0 aliphatic carbocycles. The Morgan fingerprint density at radius 2 is 1.61 bits per heavy atom. The van der Waals surface area contributed by atoms with Gasteiger partial charge in [0.1, 0.15) is 0 Å². The number of carbonyl (C=O) groups is 1. The highest BCUT2D eigenvalue weighted by Gasteiger charge is 2.23. The highest BCUT2D eigenvalue weighted by Crippen LogP contribution is 2.30. The smallest absolute Gasteiger partial charge is 0.305 e. The molecule has 0 atom stereocenters. The second-order valence-electron chi connectivity index (χ2n) is 7.07. The van der Waals surface area contributed by atoms with Gasteiger partial charge in [-0.1, -0.05) is 54.1 Å². The van der Waals surface area contributed by atoms with Crippen LogP contribution in [0.2, 0.25) is 5.02 Å². The Bertz CT molecular complexity index is 1340. The van der Waals surface area contributed by atoms with Crippen molar-refractivity contribution in [1.29, 1.82) is 0 Å². The minimum absolute atomic E-state index is 0.0724. The van der Waals surface area contributed by atoms with E-state index in [9.17, 15) is 13.2 Å². The third-order valence-corrected chi connectivity index (χ3v) is 7.12. The van der Waals surface area contributed by atoms with Gasteiger partial charge in [0.15, 0.2) is 0 Å². The van der Waals surface area contributed by atoms with Crippen LogP contribution in [0.25, 0.3) is 22.0 Å². The number of nitrogens with zero attached hydrogens (tertiary/aromatic N) is 1. The molecule has 0 saturated carbocycles. The summed E-state index contributed by atoms with van der Waals surface area (Å²) >= 11 is 6.10. The number of carbonyl (C=O) groups excluding carboxylic acids is 1. The molecule has 0 amide bonds. The zero-order chi connectivity index (χ0) is 22.0. The van der Waals surface area contributed by atoms with Crippen molar-refractivity contribution in [3.8, 4) is 11.1 Å². The first-order valence-electron chi connectivity index (χ1n) is 9.68. The van der Waals surface area contributed by atoms with Gasteiger partial charge in [-0.2, -0.15) is 0 Å². The topological polar surface area (TPSA) is 65.4 Å². The van der Waals surface area contributed by atoms with E-state index in [2.05, 4.69) is 0 Å². The van der Waals surface area contributed by atoms with Crippen molar-refractivity contribution in [2.75, 3.05) is 7.11 Å². The summed E-state index contributed by atoms with van der Waals surface area (Å²) < 4.78 is 33.2. The molecule has 31 heavy (non-hydrogen) atoms. The van der Waals surface area contributed by atoms with Gasteiger partial charge >= 0.3 is 5.97 Å². The number of hydrogen-bond donors (Lipinski definition) is 0. The monoisotopic (exact) mass is 453 g/mol. The van der Waals surface area contributed by atoms with Crippen LogP contribution in [-0.2, 0) is 26.0 Å². The summed E-state index contributed by atoms with van der Waals surface area (Å²) in [7, 11) is -2.59. The standard InChI is InChI=1S/C24H20ClNO4S/c1-30-24(27)14-10-21-16-19-15-20(25)9-13-23(19)26(21)31(28,29)22-11-7-18(8-12-22)17-5-3-2-4-6-17/h2-9,11-13,15-16H,10,14H2,1H3. The molecule has 5 nitrogen and oxygen atoms in total. The summed E-state index contributed by atoms with van der Waals surface area (Å²) in [5.41, 5.74) is 2.94. The summed E-state index contributed by atoms with van der Waals surface area (Å²) in [5, 5.41) is 1.20. The Labute approximate surface area is 185 Å². The number of esters is 1. The van der Waals surface area contributed by atoms with Crippen LogP contribution >= 0.6 is 11.6 Å². The molecule has 158 valence electrons. The quantitative estimate of drug-likeness (QED) is 0.371. The summed E-state index contributed by atoms with van der Waals surface area (Å²) in [5.74, 6) is -0.403. The lowest BCUT2D eigenvalue weighted by Gasteiger charge is -2.13. The predicted octanol–water partition coefficient (Wildman–Crippen LogP) is 5.30. The van der Waals surface area contributed by atoms with Gasteiger partial charge in [0.2, 0.25) is 0 Å². The number of fused-ring (bicyclic) bond motifs is 1. The fraction of sp³-hybridized carbons (Fsp3) is 0.125. The molecule has 0 spiro atoms. The number of rotatable bonds is 6. The van der Waals surface area contributed by atoms with Crippen LogP contribution in [0, 0.1) is 0 Å². The Hall–Kier alpha value is -3.09. The molecule has 0 aliphatic heterocycles. The van der Waals surface area contributed by atoms with Gasteiger partial charge < -0.3 is 4.74 Å². The summed E-state index contributed by atoms with van der Waals surface area (Å²) in [4.78, 5) is 11.8. The number of aryl methyl sites for hydroxylation is 1. The minimum atomic E-state index is -3.90.